The van der Waals surface area contributed by atoms with Crippen LogP contribution in [0.5, 0.6) is 0 Å². The van der Waals surface area contributed by atoms with E-state index in [1.807, 2.05) is 23.6 Å². The molecule has 1 heterocycles. The molecule has 0 saturated carbocycles. The second kappa shape index (κ2) is 8.68. The van der Waals surface area contributed by atoms with Crippen LogP contribution in [-0.4, -0.2) is 32.1 Å². The van der Waals surface area contributed by atoms with Gasteiger partial charge in [0.25, 0.3) is 10.0 Å². The van der Waals surface area contributed by atoms with Crippen LogP contribution in [0.4, 0.5) is 5.69 Å². The van der Waals surface area contributed by atoms with Gasteiger partial charge in [-0.2, -0.15) is 8.42 Å². The molecule has 1 amide bonds. The number of thiazole rings is 1. The Morgan fingerprint density at radius 1 is 1.21 bits per heavy atom. The Labute approximate surface area is 167 Å². The number of carbonyl (C=O) groups excluding carboxylic acids is 1. The first-order chi connectivity index (χ1) is 13.4. The van der Waals surface area contributed by atoms with Crippen LogP contribution in [0.2, 0.25) is 0 Å². The molecular weight excluding hydrogens is 398 g/mol. The minimum Gasteiger partial charge on any atom is -0.380 e. The van der Waals surface area contributed by atoms with Gasteiger partial charge in [0, 0.05) is 25.8 Å². The van der Waals surface area contributed by atoms with Gasteiger partial charge in [0.05, 0.1) is 21.7 Å². The van der Waals surface area contributed by atoms with E-state index in [0.717, 1.165) is 10.2 Å². The summed E-state index contributed by atoms with van der Waals surface area (Å²) in [7, 11) is -3.84. The number of benzene rings is 2. The molecule has 28 heavy (non-hydrogen) atoms. The van der Waals surface area contributed by atoms with Crippen molar-refractivity contribution in [1.29, 1.82) is 0 Å². The largest absolute Gasteiger partial charge is 0.380 e. The first-order valence-corrected chi connectivity index (χ1v) is 11.0. The van der Waals surface area contributed by atoms with Crippen molar-refractivity contribution in [3.05, 3.63) is 53.3 Å². The predicted octanol–water partition coefficient (Wildman–Crippen LogP) is 2.99. The summed E-state index contributed by atoms with van der Waals surface area (Å²) in [4.78, 5) is 11.8. The number of aromatic nitrogens is 1. The summed E-state index contributed by atoms with van der Waals surface area (Å²) >= 11 is 1.25. The maximum Gasteiger partial charge on any atom is 0.285 e. The zero-order valence-corrected chi connectivity index (χ0v) is 17.2. The molecular formula is C19H21N3O4S2. The van der Waals surface area contributed by atoms with E-state index in [4.69, 9.17) is 4.74 Å². The molecule has 3 rings (SSSR count). The SMILES string of the molecule is CCOCCn1/c(=N/S(=O)(=O)c2ccccc2)sc2cc(NC(C)=O)ccc21. The fraction of sp³-hybridized carbons (Fsp3) is 0.263. The minimum atomic E-state index is -3.84. The smallest absolute Gasteiger partial charge is 0.285 e. The van der Waals surface area contributed by atoms with Gasteiger partial charge < -0.3 is 14.6 Å². The van der Waals surface area contributed by atoms with Gasteiger partial charge in [-0.1, -0.05) is 29.5 Å². The van der Waals surface area contributed by atoms with Gasteiger partial charge in [0.1, 0.15) is 0 Å². The molecule has 0 aliphatic heterocycles. The summed E-state index contributed by atoms with van der Waals surface area (Å²) in [6, 6.07) is 13.6. The van der Waals surface area contributed by atoms with Crippen molar-refractivity contribution in [3.63, 3.8) is 0 Å². The van der Waals surface area contributed by atoms with E-state index in [1.165, 1.54) is 30.4 Å². The first-order valence-electron chi connectivity index (χ1n) is 8.75. The van der Waals surface area contributed by atoms with E-state index >= 15 is 0 Å². The third-order valence-corrected chi connectivity index (χ3v) is 6.34. The summed E-state index contributed by atoms with van der Waals surface area (Å²) in [5, 5.41) is 2.74. The monoisotopic (exact) mass is 419 g/mol. The van der Waals surface area contributed by atoms with Crippen LogP contribution in [0.1, 0.15) is 13.8 Å². The maximum absolute atomic E-state index is 12.7. The van der Waals surface area contributed by atoms with Gasteiger partial charge in [0.2, 0.25) is 10.7 Å². The molecule has 0 bridgehead atoms. The Morgan fingerprint density at radius 3 is 2.64 bits per heavy atom. The normalized spacial score (nSPS) is 12.4. The summed E-state index contributed by atoms with van der Waals surface area (Å²) < 4.78 is 37.6. The van der Waals surface area contributed by atoms with Crippen molar-refractivity contribution in [2.24, 2.45) is 4.40 Å². The number of hydrogen-bond acceptors (Lipinski definition) is 5. The Hall–Kier alpha value is -2.49. The van der Waals surface area contributed by atoms with Crippen molar-refractivity contribution >= 4 is 43.2 Å². The highest BCUT2D eigenvalue weighted by atomic mass is 32.2. The Kier molecular flexibility index (Phi) is 6.28. The second-order valence-electron chi connectivity index (χ2n) is 5.98. The van der Waals surface area contributed by atoms with Crippen LogP contribution in [-0.2, 0) is 26.1 Å². The van der Waals surface area contributed by atoms with Gasteiger partial charge in [-0.05, 0) is 37.3 Å². The summed E-state index contributed by atoms with van der Waals surface area (Å²) in [6.45, 7) is 4.82. The summed E-state index contributed by atoms with van der Waals surface area (Å²) in [5.41, 5.74) is 1.48. The zero-order valence-electron chi connectivity index (χ0n) is 15.6. The van der Waals surface area contributed by atoms with Gasteiger partial charge in [-0.3, -0.25) is 4.79 Å². The van der Waals surface area contributed by atoms with Gasteiger partial charge in [-0.15, -0.1) is 4.40 Å². The van der Waals surface area contributed by atoms with Gasteiger partial charge in [0.15, 0.2) is 0 Å². The standard InChI is InChI=1S/C19H21N3O4S2/c1-3-26-12-11-22-17-10-9-15(20-14(2)23)13-18(17)27-19(22)21-28(24,25)16-7-5-4-6-8-16/h4-10,13H,3,11-12H2,1-2H3,(H,20,23)/b21-19-. The molecule has 148 valence electrons. The molecule has 0 spiro atoms. The van der Waals surface area contributed by atoms with Crippen LogP contribution in [0.25, 0.3) is 10.2 Å². The first kappa shape index (κ1) is 20.2. The average Bonchev–Trinajstić information content (AvgIpc) is 2.98. The lowest BCUT2D eigenvalue weighted by atomic mass is 10.3. The molecule has 0 aliphatic carbocycles. The molecule has 1 aromatic heterocycles. The third-order valence-electron chi connectivity index (χ3n) is 3.91. The molecule has 0 fully saturated rings. The number of nitrogens with one attached hydrogen (secondary N) is 1. The number of hydrogen-bond donors (Lipinski definition) is 1. The molecule has 3 aromatic rings. The minimum absolute atomic E-state index is 0.141. The molecule has 2 aromatic carbocycles. The molecule has 0 radical (unpaired) electrons. The van der Waals surface area contributed by atoms with Crippen LogP contribution >= 0.6 is 11.3 Å². The predicted molar refractivity (Wildman–Crippen MR) is 110 cm³/mol. The molecule has 9 heteroatoms. The van der Waals surface area contributed by atoms with Gasteiger partial charge >= 0.3 is 0 Å². The molecule has 0 unspecified atom stereocenters. The number of rotatable bonds is 7. The Balaban J connectivity index is 2.13. The number of sulfonamides is 1. The number of ether oxygens (including phenoxy) is 1. The zero-order chi connectivity index (χ0) is 20.1. The van der Waals surface area contributed by atoms with E-state index in [0.29, 0.717) is 30.2 Å². The van der Waals surface area contributed by atoms with E-state index in [9.17, 15) is 13.2 Å². The average molecular weight is 420 g/mol. The van der Waals surface area contributed by atoms with E-state index in [1.54, 1.807) is 24.3 Å². The molecule has 0 aliphatic rings. The fourth-order valence-electron chi connectivity index (χ4n) is 2.69. The lowest BCUT2D eigenvalue weighted by Crippen LogP contribution is -2.19. The Morgan fingerprint density at radius 2 is 1.96 bits per heavy atom. The van der Waals surface area contributed by atoms with Crippen molar-refractivity contribution in [3.8, 4) is 0 Å². The quantitative estimate of drug-likeness (QED) is 0.596. The second-order valence-corrected chi connectivity index (χ2v) is 8.59. The van der Waals surface area contributed by atoms with Crippen LogP contribution < -0.4 is 10.1 Å². The van der Waals surface area contributed by atoms with Crippen molar-refractivity contribution in [2.45, 2.75) is 25.3 Å². The maximum atomic E-state index is 12.7. The molecule has 0 saturated heterocycles. The van der Waals surface area contributed by atoms with Crippen molar-refractivity contribution in [2.75, 3.05) is 18.5 Å². The van der Waals surface area contributed by atoms with Crippen LogP contribution in [0, 0.1) is 0 Å². The Bertz CT molecular complexity index is 1150. The van der Waals surface area contributed by atoms with E-state index in [-0.39, 0.29) is 10.8 Å². The van der Waals surface area contributed by atoms with Crippen molar-refractivity contribution < 1.29 is 17.9 Å². The van der Waals surface area contributed by atoms with Crippen LogP contribution in [0.15, 0.2) is 57.8 Å². The molecule has 7 nitrogen and oxygen atoms in total. The summed E-state index contributed by atoms with van der Waals surface area (Å²) in [5.74, 6) is -0.170. The lowest BCUT2D eigenvalue weighted by Gasteiger charge is -2.06. The van der Waals surface area contributed by atoms with Crippen LogP contribution in [0.3, 0.4) is 0 Å². The summed E-state index contributed by atoms with van der Waals surface area (Å²) in [6.07, 6.45) is 0. The number of amides is 1. The molecule has 0 atom stereocenters. The van der Waals surface area contributed by atoms with E-state index in [2.05, 4.69) is 9.71 Å². The number of carbonyl (C=O) groups is 1. The van der Waals surface area contributed by atoms with E-state index < -0.39 is 10.0 Å². The van der Waals surface area contributed by atoms with Crippen molar-refractivity contribution in [1.82, 2.24) is 4.57 Å². The number of anilines is 1. The topological polar surface area (TPSA) is 89.8 Å². The number of nitrogens with zero attached hydrogens (tertiary/aromatic N) is 2. The highest BCUT2D eigenvalue weighted by Crippen LogP contribution is 2.23. The highest BCUT2D eigenvalue weighted by Gasteiger charge is 2.15. The third kappa shape index (κ3) is 4.67. The van der Waals surface area contributed by atoms with Gasteiger partial charge in [-0.25, -0.2) is 0 Å². The fourth-order valence-corrected chi connectivity index (χ4v) is 5.01. The molecule has 1 N–H and O–H groups in total. The highest BCUT2D eigenvalue weighted by molar-refractivity contribution is 7.90. The number of fused-ring (bicyclic) bond motifs is 1. The lowest BCUT2D eigenvalue weighted by molar-refractivity contribution is -0.114.